The number of nitro groups is 1. The largest absolute Gasteiger partial charge is 0.490 e. The Hall–Kier alpha value is -2.98. The molecule has 1 heterocycles. The van der Waals surface area contributed by atoms with Crippen LogP contribution in [0.2, 0.25) is 0 Å². The van der Waals surface area contributed by atoms with Crippen LogP contribution >= 0.6 is 27.3 Å². The van der Waals surface area contributed by atoms with E-state index in [1.54, 1.807) is 18.2 Å². The maximum Gasteiger partial charge on any atom is 0.281 e. The Balaban J connectivity index is 1.76. The Morgan fingerprint density at radius 2 is 2.10 bits per heavy atom. The number of nitrogens with zero attached hydrogens (tertiary/aromatic N) is 2. The lowest BCUT2D eigenvalue weighted by atomic mass is 10.2. The summed E-state index contributed by atoms with van der Waals surface area (Å²) in [5, 5.41) is 15.6. The van der Waals surface area contributed by atoms with Crippen molar-refractivity contribution in [2.45, 2.75) is 26.9 Å². The van der Waals surface area contributed by atoms with Crippen molar-refractivity contribution in [3.63, 3.8) is 0 Å². The van der Waals surface area contributed by atoms with Crippen molar-refractivity contribution in [3.8, 4) is 11.5 Å². The number of halogens is 1. The van der Waals surface area contributed by atoms with Gasteiger partial charge in [0.25, 0.3) is 11.6 Å². The van der Waals surface area contributed by atoms with Gasteiger partial charge in [0.1, 0.15) is 0 Å². The third-order valence-corrected chi connectivity index (χ3v) is 5.70. The smallest absolute Gasteiger partial charge is 0.281 e. The van der Waals surface area contributed by atoms with Crippen molar-refractivity contribution in [2.75, 3.05) is 6.61 Å². The zero-order chi connectivity index (χ0) is 22.5. The number of hydrazone groups is 1. The summed E-state index contributed by atoms with van der Waals surface area (Å²) in [6.07, 6.45) is 1.49. The van der Waals surface area contributed by atoms with Gasteiger partial charge in [-0.2, -0.15) is 5.10 Å². The highest BCUT2D eigenvalue weighted by Crippen LogP contribution is 2.37. The van der Waals surface area contributed by atoms with Crippen LogP contribution in [0.1, 0.15) is 36.0 Å². The molecule has 3 aromatic rings. The van der Waals surface area contributed by atoms with Gasteiger partial charge in [-0.3, -0.25) is 14.9 Å². The number of hydrogen-bond donors (Lipinski definition) is 1. The summed E-state index contributed by atoms with van der Waals surface area (Å²) in [5.74, 6) is 0.783. The number of thiophene rings is 1. The normalized spacial score (nSPS) is 11.3. The van der Waals surface area contributed by atoms with E-state index in [1.807, 2.05) is 26.8 Å². The highest BCUT2D eigenvalue weighted by atomic mass is 79.9. The lowest BCUT2D eigenvalue weighted by Gasteiger charge is -2.16. The first-order chi connectivity index (χ1) is 14.8. The number of amides is 1. The maximum atomic E-state index is 12.4. The van der Waals surface area contributed by atoms with E-state index in [9.17, 15) is 14.9 Å². The summed E-state index contributed by atoms with van der Waals surface area (Å²) in [4.78, 5) is 23.3. The molecule has 0 fully saturated rings. The van der Waals surface area contributed by atoms with Crippen LogP contribution in [0.5, 0.6) is 11.5 Å². The van der Waals surface area contributed by atoms with Gasteiger partial charge in [-0.15, -0.1) is 11.3 Å². The predicted molar refractivity (Wildman–Crippen MR) is 125 cm³/mol. The molecule has 0 bridgehead atoms. The molecule has 162 valence electrons. The van der Waals surface area contributed by atoms with Gasteiger partial charge in [-0.05, 0) is 66.5 Å². The molecule has 2 aromatic carbocycles. The molecule has 0 radical (unpaired) electrons. The van der Waals surface area contributed by atoms with Gasteiger partial charge < -0.3 is 9.47 Å². The van der Waals surface area contributed by atoms with Gasteiger partial charge >= 0.3 is 0 Å². The van der Waals surface area contributed by atoms with E-state index in [1.165, 1.54) is 29.7 Å². The number of carbonyl (C=O) groups excluding carboxylic acids is 1. The maximum absolute atomic E-state index is 12.4. The second kappa shape index (κ2) is 9.88. The Labute approximate surface area is 191 Å². The van der Waals surface area contributed by atoms with Gasteiger partial charge in [0.15, 0.2) is 11.5 Å². The fourth-order valence-corrected chi connectivity index (χ4v) is 4.24. The number of nitro benzene ring substituents is 1. The van der Waals surface area contributed by atoms with Crippen molar-refractivity contribution >= 4 is 55.2 Å². The van der Waals surface area contributed by atoms with Crippen LogP contribution < -0.4 is 14.9 Å². The molecule has 0 atom stereocenters. The quantitative estimate of drug-likeness (QED) is 0.246. The average Bonchev–Trinajstić information content (AvgIpc) is 3.14. The number of fused-ring (bicyclic) bond motifs is 1. The summed E-state index contributed by atoms with van der Waals surface area (Å²) in [6.45, 7) is 6.22. The minimum Gasteiger partial charge on any atom is -0.490 e. The van der Waals surface area contributed by atoms with E-state index in [0.29, 0.717) is 38.4 Å². The topological polar surface area (TPSA) is 103 Å². The molecular weight excluding hydrogens is 486 g/mol. The molecule has 0 saturated carbocycles. The molecule has 0 aliphatic heterocycles. The predicted octanol–water partition coefficient (Wildman–Crippen LogP) is 5.52. The first-order valence-electron chi connectivity index (χ1n) is 9.43. The Bertz CT molecular complexity index is 1160. The number of non-ortho nitro benzene ring substituents is 1. The van der Waals surface area contributed by atoms with Crippen molar-refractivity contribution in [2.24, 2.45) is 5.10 Å². The molecule has 0 aliphatic carbocycles. The number of ether oxygens (including phenoxy) is 2. The van der Waals surface area contributed by atoms with Crippen molar-refractivity contribution < 1.29 is 19.2 Å². The first kappa shape index (κ1) is 22.7. The monoisotopic (exact) mass is 505 g/mol. The minimum atomic E-state index is -0.465. The van der Waals surface area contributed by atoms with Gasteiger partial charge in [-0.25, -0.2) is 5.43 Å². The molecule has 1 aromatic heterocycles. The summed E-state index contributed by atoms with van der Waals surface area (Å²) in [7, 11) is 0. The summed E-state index contributed by atoms with van der Waals surface area (Å²) in [6, 6.07) is 9.69. The lowest BCUT2D eigenvalue weighted by Crippen LogP contribution is -2.16. The zero-order valence-corrected chi connectivity index (χ0v) is 19.5. The highest BCUT2D eigenvalue weighted by molar-refractivity contribution is 9.10. The molecule has 10 heteroatoms. The average molecular weight is 506 g/mol. The Kier molecular flexibility index (Phi) is 7.24. The van der Waals surface area contributed by atoms with Crippen LogP contribution in [0, 0.1) is 10.1 Å². The third-order valence-electron chi connectivity index (χ3n) is 4.00. The molecule has 3 rings (SSSR count). The van der Waals surface area contributed by atoms with Crippen LogP contribution in [0.4, 0.5) is 5.69 Å². The second-order valence-corrected chi connectivity index (χ2v) is 8.66. The van der Waals surface area contributed by atoms with Crippen molar-refractivity contribution in [1.82, 2.24) is 5.43 Å². The van der Waals surface area contributed by atoms with Crippen LogP contribution in [-0.2, 0) is 0 Å². The number of hydrogen-bond acceptors (Lipinski definition) is 7. The number of rotatable bonds is 8. The van der Waals surface area contributed by atoms with Crippen LogP contribution in [0.15, 0.2) is 46.0 Å². The SMILES string of the molecule is CCOc1cc(/C=N\NC(=O)c2cc3cc([N+](=O)[O-])ccc3s2)cc(Br)c1OC(C)C. The first-order valence-corrected chi connectivity index (χ1v) is 11.0. The van der Waals surface area contributed by atoms with Crippen LogP contribution in [-0.4, -0.2) is 29.8 Å². The lowest BCUT2D eigenvalue weighted by molar-refractivity contribution is -0.384. The van der Waals surface area contributed by atoms with E-state index in [2.05, 4.69) is 26.5 Å². The Morgan fingerprint density at radius 3 is 2.77 bits per heavy atom. The van der Waals surface area contributed by atoms with Gasteiger partial charge in [-0.1, -0.05) is 0 Å². The minimum absolute atomic E-state index is 0.0166. The number of nitrogens with one attached hydrogen (secondary N) is 1. The van der Waals surface area contributed by atoms with E-state index in [0.717, 1.165) is 4.70 Å². The molecule has 31 heavy (non-hydrogen) atoms. The van der Waals surface area contributed by atoms with E-state index < -0.39 is 10.8 Å². The molecule has 1 amide bonds. The molecule has 0 spiro atoms. The summed E-state index contributed by atoms with van der Waals surface area (Å²) >= 11 is 4.73. The van der Waals surface area contributed by atoms with E-state index in [4.69, 9.17) is 9.47 Å². The van der Waals surface area contributed by atoms with E-state index in [-0.39, 0.29) is 11.8 Å². The van der Waals surface area contributed by atoms with Gasteiger partial charge in [0.2, 0.25) is 0 Å². The molecule has 0 saturated heterocycles. The van der Waals surface area contributed by atoms with Gasteiger partial charge in [0.05, 0.1) is 33.2 Å². The number of benzene rings is 2. The van der Waals surface area contributed by atoms with Crippen LogP contribution in [0.3, 0.4) is 0 Å². The third kappa shape index (κ3) is 5.59. The van der Waals surface area contributed by atoms with Crippen molar-refractivity contribution in [3.05, 3.63) is 61.4 Å². The molecule has 1 N–H and O–H groups in total. The molecule has 0 aliphatic rings. The second-order valence-electron chi connectivity index (χ2n) is 6.72. The number of carbonyl (C=O) groups is 1. The summed E-state index contributed by atoms with van der Waals surface area (Å²) in [5.41, 5.74) is 3.17. The van der Waals surface area contributed by atoms with E-state index >= 15 is 0 Å². The zero-order valence-electron chi connectivity index (χ0n) is 17.0. The Morgan fingerprint density at radius 1 is 1.32 bits per heavy atom. The molecular formula is C21H20BrN3O5S. The summed E-state index contributed by atoms with van der Waals surface area (Å²) < 4.78 is 13.0. The fourth-order valence-electron chi connectivity index (χ4n) is 2.75. The van der Waals surface area contributed by atoms with Crippen LogP contribution in [0.25, 0.3) is 10.1 Å². The molecule has 8 nitrogen and oxygen atoms in total. The standard InChI is InChI=1S/C21H20BrN3O5S/c1-4-29-17-8-13(7-16(22)20(17)30-12(2)3)11-23-24-21(26)19-10-14-9-15(25(27)28)5-6-18(14)31-19/h5-12H,4H2,1-3H3,(H,24,26)/b23-11-. The van der Waals surface area contributed by atoms with Gasteiger partial charge in [0, 0.05) is 22.2 Å². The highest BCUT2D eigenvalue weighted by Gasteiger charge is 2.14. The van der Waals surface area contributed by atoms with Crippen molar-refractivity contribution in [1.29, 1.82) is 0 Å². The fraction of sp³-hybridized carbons (Fsp3) is 0.238. The molecule has 0 unspecified atom stereocenters.